The Balaban J connectivity index is 1.62. The van der Waals surface area contributed by atoms with Crippen molar-refractivity contribution in [3.63, 3.8) is 0 Å². The van der Waals surface area contributed by atoms with Crippen molar-refractivity contribution in [2.45, 2.75) is 19.4 Å². The maximum absolute atomic E-state index is 12.7. The third-order valence-electron chi connectivity index (χ3n) is 4.56. The van der Waals surface area contributed by atoms with Crippen LogP contribution in [0.3, 0.4) is 0 Å². The van der Waals surface area contributed by atoms with E-state index in [0.29, 0.717) is 19.7 Å². The van der Waals surface area contributed by atoms with Gasteiger partial charge >= 0.3 is 5.97 Å². The van der Waals surface area contributed by atoms with Gasteiger partial charge in [0.25, 0.3) is 0 Å². The molecular formula is C18H22N4O5. The van der Waals surface area contributed by atoms with Gasteiger partial charge in [-0.25, -0.2) is 0 Å². The topological polar surface area (TPSA) is 116 Å². The number of para-hydroxylation sites is 1. The molecular weight excluding hydrogens is 352 g/mol. The minimum atomic E-state index is -1.08. The SMILES string of the molecule is CC(=O)N(CC(=O)O)CC1CN(C(=O)Cc2[nH]nc3ccccc23)CCO1. The molecule has 9 heteroatoms. The van der Waals surface area contributed by atoms with Gasteiger partial charge in [-0.05, 0) is 6.07 Å². The van der Waals surface area contributed by atoms with Crippen LogP contribution in [0.2, 0.25) is 0 Å². The molecule has 1 saturated heterocycles. The van der Waals surface area contributed by atoms with Crippen molar-refractivity contribution < 1.29 is 24.2 Å². The standard InChI is InChI=1S/C18H22N4O5/c1-12(23)22(11-18(25)26)10-13-9-21(6-7-27-13)17(24)8-16-14-4-2-3-5-15(14)19-20-16/h2-5,13H,6-11H2,1H3,(H,19,20)(H,25,26). The molecule has 27 heavy (non-hydrogen) atoms. The second-order valence-electron chi connectivity index (χ2n) is 6.52. The molecule has 3 rings (SSSR count). The van der Waals surface area contributed by atoms with E-state index in [4.69, 9.17) is 9.84 Å². The van der Waals surface area contributed by atoms with E-state index >= 15 is 0 Å². The highest BCUT2D eigenvalue weighted by Gasteiger charge is 2.27. The predicted molar refractivity (Wildman–Crippen MR) is 96.0 cm³/mol. The molecule has 9 nitrogen and oxygen atoms in total. The molecule has 1 unspecified atom stereocenters. The lowest BCUT2D eigenvalue weighted by Gasteiger charge is -2.35. The van der Waals surface area contributed by atoms with Crippen LogP contribution in [0.25, 0.3) is 10.9 Å². The summed E-state index contributed by atoms with van der Waals surface area (Å²) in [4.78, 5) is 38.1. The summed E-state index contributed by atoms with van der Waals surface area (Å²) >= 11 is 0. The number of ether oxygens (including phenoxy) is 1. The third-order valence-corrected chi connectivity index (χ3v) is 4.56. The molecule has 0 bridgehead atoms. The van der Waals surface area contributed by atoms with Crippen molar-refractivity contribution in [1.82, 2.24) is 20.0 Å². The number of hydrogen-bond acceptors (Lipinski definition) is 5. The fourth-order valence-electron chi connectivity index (χ4n) is 3.18. The third kappa shape index (κ3) is 4.62. The van der Waals surface area contributed by atoms with Crippen LogP contribution in [-0.4, -0.2) is 81.8 Å². The van der Waals surface area contributed by atoms with Crippen molar-refractivity contribution in [3.8, 4) is 0 Å². The van der Waals surface area contributed by atoms with Gasteiger partial charge in [-0.2, -0.15) is 5.10 Å². The first-order valence-electron chi connectivity index (χ1n) is 8.72. The van der Waals surface area contributed by atoms with Crippen molar-refractivity contribution in [2.24, 2.45) is 0 Å². The van der Waals surface area contributed by atoms with Crippen LogP contribution in [-0.2, 0) is 25.5 Å². The van der Waals surface area contributed by atoms with E-state index in [9.17, 15) is 14.4 Å². The summed E-state index contributed by atoms with van der Waals surface area (Å²) in [7, 11) is 0. The summed E-state index contributed by atoms with van der Waals surface area (Å²) in [5, 5.41) is 17.0. The first kappa shape index (κ1) is 18.8. The minimum absolute atomic E-state index is 0.0645. The molecule has 1 aromatic carbocycles. The van der Waals surface area contributed by atoms with Crippen LogP contribution in [0.15, 0.2) is 24.3 Å². The van der Waals surface area contributed by atoms with Gasteiger partial charge < -0.3 is 19.6 Å². The lowest BCUT2D eigenvalue weighted by Crippen LogP contribution is -2.51. The Bertz CT molecular complexity index is 849. The van der Waals surface area contributed by atoms with Crippen LogP contribution in [0.1, 0.15) is 12.6 Å². The maximum Gasteiger partial charge on any atom is 0.323 e. The van der Waals surface area contributed by atoms with Crippen LogP contribution >= 0.6 is 0 Å². The Hall–Kier alpha value is -2.94. The van der Waals surface area contributed by atoms with Gasteiger partial charge in [-0.3, -0.25) is 19.5 Å². The molecule has 0 aliphatic carbocycles. The monoisotopic (exact) mass is 374 g/mol. The zero-order valence-electron chi connectivity index (χ0n) is 15.1. The number of nitrogens with one attached hydrogen (secondary N) is 1. The van der Waals surface area contributed by atoms with Crippen molar-refractivity contribution in [3.05, 3.63) is 30.0 Å². The fraction of sp³-hybridized carbons (Fsp3) is 0.444. The number of hydrogen-bond donors (Lipinski definition) is 2. The van der Waals surface area contributed by atoms with E-state index < -0.39 is 12.1 Å². The van der Waals surface area contributed by atoms with Gasteiger partial charge in [0.2, 0.25) is 11.8 Å². The molecule has 2 amide bonds. The largest absolute Gasteiger partial charge is 0.480 e. The number of aromatic amines is 1. The van der Waals surface area contributed by atoms with Gasteiger partial charge in [-0.1, -0.05) is 18.2 Å². The van der Waals surface area contributed by atoms with Crippen LogP contribution in [0, 0.1) is 0 Å². The number of aromatic nitrogens is 2. The summed E-state index contributed by atoms with van der Waals surface area (Å²) in [6, 6.07) is 7.58. The number of amides is 2. The fourth-order valence-corrected chi connectivity index (χ4v) is 3.18. The number of carboxylic acids is 1. The molecule has 0 spiro atoms. The van der Waals surface area contributed by atoms with Crippen molar-refractivity contribution >= 4 is 28.7 Å². The molecule has 1 atom stereocenters. The van der Waals surface area contributed by atoms with E-state index in [1.54, 1.807) is 4.90 Å². The number of carbonyl (C=O) groups excluding carboxylic acids is 2. The Kier molecular flexibility index (Phi) is 5.70. The Morgan fingerprint density at radius 3 is 2.89 bits per heavy atom. The number of carbonyl (C=O) groups is 3. The van der Waals surface area contributed by atoms with E-state index in [0.717, 1.165) is 16.6 Å². The van der Waals surface area contributed by atoms with Gasteiger partial charge in [0.05, 0.1) is 30.3 Å². The number of carboxylic acid groups (broad SMARTS) is 1. The van der Waals surface area contributed by atoms with E-state index in [2.05, 4.69) is 10.2 Å². The first-order chi connectivity index (χ1) is 12.9. The van der Waals surface area contributed by atoms with Crippen molar-refractivity contribution in [1.29, 1.82) is 0 Å². The molecule has 1 aromatic heterocycles. The highest BCUT2D eigenvalue weighted by molar-refractivity contribution is 5.87. The molecule has 1 aliphatic rings. The molecule has 0 saturated carbocycles. The maximum atomic E-state index is 12.7. The van der Waals surface area contributed by atoms with Gasteiger partial charge in [0.1, 0.15) is 6.54 Å². The Morgan fingerprint density at radius 1 is 1.37 bits per heavy atom. The van der Waals surface area contributed by atoms with Crippen LogP contribution in [0.4, 0.5) is 0 Å². The van der Waals surface area contributed by atoms with Gasteiger partial charge in [-0.15, -0.1) is 0 Å². The molecule has 2 heterocycles. The van der Waals surface area contributed by atoms with E-state index in [1.807, 2.05) is 24.3 Å². The lowest BCUT2D eigenvalue weighted by molar-refractivity contribution is -0.147. The molecule has 1 aliphatic heterocycles. The highest BCUT2D eigenvalue weighted by atomic mass is 16.5. The second-order valence-corrected chi connectivity index (χ2v) is 6.52. The van der Waals surface area contributed by atoms with E-state index in [1.165, 1.54) is 11.8 Å². The average molecular weight is 374 g/mol. The minimum Gasteiger partial charge on any atom is -0.480 e. The van der Waals surface area contributed by atoms with Gasteiger partial charge in [0.15, 0.2) is 0 Å². The summed E-state index contributed by atoms with van der Waals surface area (Å²) in [5.74, 6) is -1.49. The number of nitrogens with zero attached hydrogens (tertiary/aromatic N) is 3. The Morgan fingerprint density at radius 2 is 2.15 bits per heavy atom. The lowest BCUT2D eigenvalue weighted by atomic mass is 10.1. The smallest absolute Gasteiger partial charge is 0.323 e. The zero-order chi connectivity index (χ0) is 19.4. The molecule has 2 N–H and O–H groups in total. The summed E-state index contributed by atoms with van der Waals surface area (Å²) < 4.78 is 5.63. The number of rotatable bonds is 6. The summed E-state index contributed by atoms with van der Waals surface area (Å²) in [5.41, 5.74) is 1.57. The average Bonchev–Trinajstić information content (AvgIpc) is 3.04. The molecule has 0 radical (unpaired) electrons. The van der Waals surface area contributed by atoms with Crippen LogP contribution < -0.4 is 0 Å². The number of aliphatic carboxylic acids is 1. The molecule has 144 valence electrons. The Labute approximate surface area is 155 Å². The van der Waals surface area contributed by atoms with Crippen LogP contribution in [0.5, 0.6) is 0 Å². The number of H-pyrrole nitrogens is 1. The normalized spacial score (nSPS) is 17.1. The van der Waals surface area contributed by atoms with E-state index in [-0.39, 0.29) is 31.3 Å². The zero-order valence-corrected chi connectivity index (χ0v) is 15.1. The van der Waals surface area contributed by atoms with Crippen molar-refractivity contribution in [2.75, 3.05) is 32.8 Å². The molecule has 1 fully saturated rings. The summed E-state index contributed by atoms with van der Waals surface area (Å²) in [6.07, 6.45) is -0.219. The quantitative estimate of drug-likeness (QED) is 0.750. The molecule has 2 aromatic rings. The number of fused-ring (bicyclic) bond motifs is 1. The first-order valence-corrected chi connectivity index (χ1v) is 8.72. The number of benzene rings is 1. The summed E-state index contributed by atoms with van der Waals surface area (Å²) in [6.45, 7) is 2.19. The second kappa shape index (κ2) is 8.17. The number of morpholine rings is 1. The van der Waals surface area contributed by atoms with Gasteiger partial charge in [0, 0.05) is 31.9 Å². The highest BCUT2D eigenvalue weighted by Crippen LogP contribution is 2.17. The predicted octanol–water partition coefficient (Wildman–Crippen LogP) is 0.266.